The van der Waals surface area contributed by atoms with Gasteiger partial charge in [0.05, 0.1) is 18.8 Å². The Hall–Kier alpha value is -2.50. The SMILES string of the molecule is O=C(O)CC(O)(CC(=O)O)C(=O)O.O=C(OCCN1CCCCCC1)[C@H](c1ccsc1)C1CCCCC1. The molecule has 2 heterocycles. The number of ether oxygens (including phenoxy) is 1. The molecule has 0 amide bonds. The molecule has 1 saturated heterocycles. The number of carbonyl (C=O) groups excluding carboxylic acids is 1. The third-order valence-corrected chi connectivity index (χ3v) is 7.61. The minimum atomic E-state index is -2.74. The van der Waals surface area contributed by atoms with E-state index < -0.39 is 36.4 Å². The van der Waals surface area contributed by atoms with Crippen molar-refractivity contribution in [2.24, 2.45) is 5.92 Å². The standard InChI is InChI=1S/C20H31NO2S.C6H8O7/c22-20(23-14-13-21-11-6-1-2-7-12-21)19(18-10-15-24-16-18)17-8-4-3-5-9-17;7-3(8)1-6(13,5(11)12)2-4(9)10/h10,15-17,19H,1-9,11-14H2;13H,1-2H2,(H,7,8)(H,9,10)(H,11,12)/t19-;/m0./s1. The van der Waals surface area contributed by atoms with Crippen LogP contribution in [0.2, 0.25) is 0 Å². The Balaban J connectivity index is 0.000000317. The number of likely N-dealkylation sites (tertiary alicyclic amines) is 1. The molecule has 208 valence electrons. The van der Waals surface area contributed by atoms with Crippen molar-refractivity contribution in [2.75, 3.05) is 26.2 Å². The fourth-order valence-electron chi connectivity index (χ4n) is 4.96. The number of carbonyl (C=O) groups is 4. The van der Waals surface area contributed by atoms with Crippen LogP contribution in [-0.4, -0.2) is 81.0 Å². The highest BCUT2D eigenvalue weighted by Crippen LogP contribution is 2.37. The Labute approximate surface area is 221 Å². The molecule has 0 bridgehead atoms. The molecule has 1 aromatic rings. The molecule has 1 saturated carbocycles. The van der Waals surface area contributed by atoms with Gasteiger partial charge in [0.15, 0.2) is 5.60 Å². The number of rotatable bonds is 11. The summed E-state index contributed by atoms with van der Waals surface area (Å²) in [5, 5.41) is 38.0. The van der Waals surface area contributed by atoms with Gasteiger partial charge in [0, 0.05) is 6.54 Å². The zero-order valence-electron chi connectivity index (χ0n) is 21.2. The lowest BCUT2D eigenvalue weighted by atomic mass is 9.77. The summed E-state index contributed by atoms with van der Waals surface area (Å²) in [6.07, 6.45) is 9.14. The Bertz CT molecular complexity index is 843. The number of nitrogens with zero attached hydrogens (tertiary/aromatic N) is 1. The van der Waals surface area contributed by atoms with Crippen LogP contribution >= 0.6 is 11.3 Å². The number of carboxylic acid groups (broad SMARTS) is 3. The summed E-state index contributed by atoms with van der Waals surface area (Å²) in [5.41, 5.74) is -1.57. The second-order valence-electron chi connectivity index (χ2n) is 9.83. The maximum Gasteiger partial charge on any atom is 0.336 e. The summed E-state index contributed by atoms with van der Waals surface area (Å²) in [5.74, 6) is -4.58. The molecule has 0 aromatic carbocycles. The fraction of sp³-hybridized carbons (Fsp3) is 0.692. The second-order valence-corrected chi connectivity index (χ2v) is 10.6. The van der Waals surface area contributed by atoms with E-state index in [9.17, 15) is 19.2 Å². The van der Waals surface area contributed by atoms with E-state index in [1.807, 2.05) is 0 Å². The summed E-state index contributed by atoms with van der Waals surface area (Å²) in [6, 6.07) is 2.11. The molecular formula is C26H39NO9S. The lowest BCUT2D eigenvalue weighted by Gasteiger charge is -2.29. The lowest BCUT2D eigenvalue weighted by molar-refractivity contribution is -0.170. The van der Waals surface area contributed by atoms with Crippen LogP contribution in [0.4, 0.5) is 0 Å². The molecule has 3 rings (SSSR count). The first-order chi connectivity index (χ1) is 17.6. The van der Waals surface area contributed by atoms with Crippen LogP contribution in [0.1, 0.15) is 82.1 Å². The van der Waals surface area contributed by atoms with Gasteiger partial charge in [-0.25, -0.2) is 4.79 Å². The van der Waals surface area contributed by atoms with Crippen molar-refractivity contribution in [2.45, 2.75) is 82.1 Å². The molecule has 1 atom stereocenters. The van der Waals surface area contributed by atoms with Crippen LogP contribution in [0.5, 0.6) is 0 Å². The Morgan fingerprint density at radius 1 is 0.946 bits per heavy atom. The van der Waals surface area contributed by atoms with E-state index in [0.717, 1.165) is 19.6 Å². The highest BCUT2D eigenvalue weighted by Gasteiger charge is 2.40. The van der Waals surface area contributed by atoms with Crippen molar-refractivity contribution in [1.29, 1.82) is 0 Å². The average molecular weight is 542 g/mol. The predicted octanol–water partition coefficient (Wildman–Crippen LogP) is 3.58. The highest BCUT2D eigenvalue weighted by molar-refractivity contribution is 7.08. The molecule has 0 radical (unpaired) electrons. The van der Waals surface area contributed by atoms with Gasteiger partial charge in [-0.3, -0.25) is 19.3 Å². The molecule has 1 aliphatic carbocycles. The van der Waals surface area contributed by atoms with Crippen LogP contribution in [-0.2, 0) is 23.9 Å². The van der Waals surface area contributed by atoms with E-state index >= 15 is 0 Å². The number of hydrogen-bond acceptors (Lipinski definition) is 8. The first kappa shape index (κ1) is 30.7. The highest BCUT2D eigenvalue weighted by atomic mass is 32.1. The van der Waals surface area contributed by atoms with E-state index in [-0.39, 0.29) is 11.9 Å². The van der Waals surface area contributed by atoms with Crippen molar-refractivity contribution in [3.05, 3.63) is 22.4 Å². The predicted molar refractivity (Wildman–Crippen MR) is 137 cm³/mol. The van der Waals surface area contributed by atoms with E-state index in [4.69, 9.17) is 25.2 Å². The van der Waals surface area contributed by atoms with Gasteiger partial charge in [-0.2, -0.15) is 11.3 Å². The maximum absolute atomic E-state index is 12.8. The Kier molecular flexibility index (Phi) is 13.0. The molecule has 2 aliphatic rings. The number of aliphatic carboxylic acids is 3. The van der Waals surface area contributed by atoms with Gasteiger partial charge in [0.1, 0.15) is 6.61 Å². The number of hydrogen-bond donors (Lipinski definition) is 4. The van der Waals surface area contributed by atoms with Gasteiger partial charge in [-0.1, -0.05) is 32.1 Å². The average Bonchev–Trinajstić information content (AvgIpc) is 3.22. The molecular weight excluding hydrogens is 502 g/mol. The quantitative estimate of drug-likeness (QED) is 0.305. The fourth-order valence-corrected chi connectivity index (χ4v) is 5.66. The van der Waals surface area contributed by atoms with Gasteiger partial charge in [-0.05, 0) is 67.1 Å². The van der Waals surface area contributed by atoms with Crippen LogP contribution < -0.4 is 0 Å². The van der Waals surface area contributed by atoms with Gasteiger partial charge >= 0.3 is 23.9 Å². The molecule has 2 fully saturated rings. The van der Waals surface area contributed by atoms with Crippen molar-refractivity contribution < 1.29 is 44.3 Å². The molecule has 1 aromatic heterocycles. The zero-order valence-corrected chi connectivity index (χ0v) is 22.0. The molecule has 4 N–H and O–H groups in total. The number of aliphatic hydroxyl groups is 1. The van der Waals surface area contributed by atoms with Crippen LogP contribution in [0, 0.1) is 5.92 Å². The summed E-state index contributed by atoms with van der Waals surface area (Å²) < 4.78 is 5.75. The summed E-state index contributed by atoms with van der Waals surface area (Å²) in [6.45, 7) is 3.77. The third-order valence-electron chi connectivity index (χ3n) is 6.91. The van der Waals surface area contributed by atoms with Crippen molar-refractivity contribution in [3.63, 3.8) is 0 Å². The van der Waals surface area contributed by atoms with Gasteiger partial charge in [0.25, 0.3) is 0 Å². The molecule has 37 heavy (non-hydrogen) atoms. The topological polar surface area (TPSA) is 162 Å². The molecule has 11 heteroatoms. The number of esters is 1. The van der Waals surface area contributed by atoms with Crippen LogP contribution in [0.25, 0.3) is 0 Å². The normalized spacial score (nSPS) is 18.1. The number of thiophene rings is 1. The van der Waals surface area contributed by atoms with E-state index in [2.05, 4.69) is 21.7 Å². The first-order valence-corrected chi connectivity index (χ1v) is 13.9. The Morgan fingerprint density at radius 3 is 2.00 bits per heavy atom. The minimum absolute atomic E-state index is 0.00937. The van der Waals surface area contributed by atoms with E-state index in [0.29, 0.717) is 12.5 Å². The largest absolute Gasteiger partial charge is 0.481 e. The Morgan fingerprint density at radius 2 is 1.51 bits per heavy atom. The molecule has 1 aliphatic heterocycles. The van der Waals surface area contributed by atoms with Crippen LogP contribution in [0.3, 0.4) is 0 Å². The maximum atomic E-state index is 12.8. The third kappa shape index (κ3) is 10.8. The molecule has 10 nitrogen and oxygen atoms in total. The second kappa shape index (κ2) is 15.7. The van der Waals surface area contributed by atoms with Gasteiger partial charge in [-0.15, -0.1) is 0 Å². The molecule has 0 unspecified atom stereocenters. The van der Waals surface area contributed by atoms with E-state index in [1.54, 1.807) is 11.3 Å². The summed E-state index contributed by atoms with van der Waals surface area (Å²) >= 11 is 1.68. The molecule has 0 spiro atoms. The summed E-state index contributed by atoms with van der Waals surface area (Å²) in [4.78, 5) is 45.8. The van der Waals surface area contributed by atoms with Crippen molar-refractivity contribution in [1.82, 2.24) is 4.90 Å². The van der Waals surface area contributed by atoms with Crippen molar-refractivity contribution in [3.8, 4) is 0 Å². The monoisotopic (exact) mass is 541 g/mol. The first-order valence-electron chi connectivity index (χ1n) is 12.9. The van der Waals surface area contributed by atoms with Crippen molar-refractivity contribution >= 4 is 35.2 Å². The van der Waals surface area contributed by atoms with Gasteiger partial charge < -0.3 is 25.2 Å². The zero-order chi connectivity index (χ0) is 27.3. The minimum Gasteiger partial charge on any atom is -0.481 e. The van der Waals surface area contributed by atoms with Gasteiger partial charge in [0.2, 0.25) is 0 Å². The van der Waals surface area contributed by atoms with E-state index in [1.165, 1.54) is 63.4 Å². The lowest BCUT2D eigenvalue weighted by Crippen LogP contribution is -2.42. The smallest absolute Gasteiger partial charge is 0.336 e. The summed E-state index contributed by atoms with van der Waals surface area (Å²) in [7, 11) is 0. The van der Waals surface area contributed by atoms with Crippen LogP contribution in [0.15, 0.2) is 16.8 Å². The number of carboxylic acids is 3.